The maximum absolute atomic E-state index is 10.9. The zero-order valence-electron chi connectivity index (χ0n) is 9.84. The number of nitro benzene ring substituents is 1. The molecule has 0 amide bonds. The summed E-state index contributed by atoms with van der Waals surface area (Å²) in [6.45, 7) is 1.95. The number of aliphatic hydroxyl groups is 1. The van der Waals surface area contributed by atoms with E-state index in [1.54, 1.807) is 6.92 Å². The van der Waals surface area contributed by atoms with Crippen molar-refractivity contribution >= 4 is 17.3 Å². The van der Waals surface area contributed by atoms with Crippen LogP contribution in [0, 0.1) is 17.0 Å². The fourth-order valence-electron chi connectivity index (χ4n) is 1.50. The molecule has 0 bridgehead atoms. The van der Waals surface area contributed by atoms with E-state index < -0.39 is 10.9 Å². The first-order chi connectivity index (χ1) is 8.47. The first-order valence-corrected chi connectivity index (χ1v) is 5.34. The van der Waals surface area contributed by atoms with Crippen LogP contribution < -0.4 is 5.32 Å². The van der Waals surface area contributed by atoms with Gasteiger partial charge in [-0.2, -0.15) is 0 Å². The van der Waals surface area contributed by atoms with Crippen LogP contribution in [0.5, 0.6) is 0 Å². The van der Waals surface area contributed by atoms with Crippen LogP contribution in [0.25, 0.3) is 0 Å². The van der Waals surface area contributed by atoms with Gasteiger partial charge in [0, 0.05) is 30.5 Å². The Bertz CT molecular complexity index is 473. The Morgan fingerprint density at radius 1 is 1.50 bits per heavy atom. The lowest BCUT2D eigenvalue weighted by Gasteiger charge is -2.10. The monoisotopic (exact) mass is 254 g/mol. The van der Waals surface area contributed by atoms with Gasteiger partial charge in [-0.05, 0) is 19.4 Å². The van der Waals surface area contributed by atoms with Crippen LogP contribution in [0.15, 0.2) is 12.1 Å². The average Bonchev–Trinajstić information content (AvgIpc) is 2.30. The summed E-state index contributed by atoms with van der Waals surface area (Å²) in [5, 5.41) is 31.2. The van der Waals surface area contributed by atoms with E-state index in [0.717, 1.165) is 6.07 Å². The summed E-state index contributed by atoms with van der Waals surface area (Å²) in [5.74, 6) is -1.22. The number of hydrogen-bond acceptors (Lipinski definition) is 5. The Balaban J connectivity index is 3.14. The normalized spacial score (nSPS) is 10.1. The standard InChI is InChI=1S/C11H14N2O5/c1-7-9(12-3-2-4-14)5-8(11(15)16)6-10(7)13(17)18/h5-6,12,14H,2-4H2,1H3,(H,15,16). The summed E-state index contributed by atoms with van der Waals surface area (Å²) in [7, 11) is 0. The lowest BCUT2D eigenvalue weighted by molar-refractivity contribution is -0.385. The second kappa shape index (κ2) is 5.97. The van der Waals surface area contributed by atoms with Crippen LogP contribution in [-0.4, -0.2) is 34.3 Å². The third-order valence-corrected chi connectivity index (χ3v) is 2.47. The third-order valence-electron chi connectivity index (χ3n) is 2.47. The molecule has 0 aliphatic carbocycles. The van der Waals surface area contributed by atoms with Crippen molar-refractivity contribution in [2.24, 2.45) is 0 Å². The van der Waals surface area contributed by atoms with Crippen molar-refractivity contribution in [3.05, 3.63) is 33.4 Å². The van der Waals surface area contributed by atoms with Crippen LogP contribution in [0.4, 0.5) is 11.4 Å². The van der Waals surface area contributed by atoms with Crippen LogP contribution in [0.3, 0.4) is 0 Å². The minimum Gasteiger partial charge on any atom is -0.478 e. The molecule has 0 saturated heterocycles. The summed E-state index contributed by atoms with van der Waals surface area (Å²) >= 11 is 0. The number of nitrogens with zero attached hydrogens (tertiary/aromatic N) is 1. The predicted octanol–water partition coefficient (Wildman–Crippen LogP) is 1.40. The molecule has 0 aliphatic heterocycles. The van der Waals surface area contributed by atoms with Crippen molar-refractivity contribution in [1.29, 1.82) is 0 Å². The number of carboxylic acid groups (broad SMARTS) is 1. The molecule has 7 heteroatoms. The van der Waals surface area contributed by atoms with E-state index in [-0.39, 0.29) is 17.9 Å². The van der Waals surface area contributed by atoms with Crippen LogP contribution in [0.1, 0.15) is 22.3 Å². The molecule has 7 nitrogen and oxygen atoms in total. The predicted molar refractivity (Wildman–Crippen MR) is 65.0 cm³/mol. The molecule has 98 valence electrons. The van der Waals surface area contributed by atoms with E-state index in [4.69, 9.17) is 10.2 Å². The molecule has 0 aliphatic rings. The van der Waals surface area contributed by atoms with Gasteiger partial charge in [-0.25, -0.2) is 4.79 Å². The zero-order valence-corrected chi connectivity index (χ0v) is 9.84. The van der Waals surface area contributed by atoms with E-state index in [1.165, 1.54) is 6.07 Å². The lowest BCUT2D eigenvalue weighted by atomic mass is 10.1. The summed E-state index contributed by atoms with van der Waals surface area (Å²) in [5.41, 5.74) is 0.401. The minimum atomic E-state index is -1.22. The largest absolute Gasteiger partial charge is 0.478 e. The minimum absolute atomic E-state index is 0.00718. The van der Waals surface area contributed by atoms with Gasteiger partial charge in [-0.15, -0.1) is 0 Å². The number of nitrogens with one attached hydrogen (secondary N) is 1. The molecule has 0 unspecified atom stereocenters. The van der Waals surface area contributed by atoms with Gasteiger partial charge < -0.3 is 15.5 Å². The summed E-state index contributed by atoms with van der Waals surface area (Å²) in [4.78, 5) is 21.1. The van der Waals surface area contributed by atoms with Gasteiger partial charge in [-0.1, -0.05) is 0 Å². The second-order valence-corrected chi connectivity index (χ2v) is 3.73. The maximum Gasteiger partial charge on any atom is 0.336 e. The number of hydrogen-bond donors (Lipinski definition) is 3. The lowest BCUT2D eigenvalue weighted by Crippen LogP contribution is -2.08. The zero-order chi connectivity index (χ0) is 13.7. The third kappa shape index (κ3) is 3.17. The highest BCUT2D eigenvalue weighted by Gasteiger charge is 2.18. The fourth-order valence-corrected chi connectivity index (χ4v) is 1.50. The average molecular weight is 254 g/mol. The van der Waals surface area contributed by atoms with Crippen molar-refractivity contribution in [2.75, 3.05) is 18.5 Å². The number of aliphatic hydroxyl groups excluding tert-OH is 1. The van der Waals surface area contributed by atoms with E-state index in [1.807, 2.05) is 0 Å². The SMILES string of the molecule is Cc1c(NCCCO)cc(C(=O)O)cc1[N+](=O)[O-]. The molecule has 0 aromatic heterocycles. The molecule has 0 atom stereocenters. The molecule has 0 fully saturated rings. The Morgan fingerprint density at radius 2 is 2.17 bits per heavy atom. The van der Waals surface area contributed by atoms with Crippen molar-refractivity contribution in [3.8, 4) is 0 Å². The van der Waals surface area contributed by atoms with E-state index in [0.29, 0.717) is 24.2 Å². The molecular weight excluding hydrogens is 240 g/mol. The van der Waals surface area contributed by atoms with Crippen molar-refractivity contribution in [2.45, 2.75) is 13.3 Å². The van der Waals surface area contributed by atoms with Crippen molar-refractivity contribution in [1.82, 2.24) is 0 Å². The number of benzene rings is 1. The molecule has 0 heterocycles. The number of carbonyl (C=O) groups is 1. The van der Waals surface area contributed by atoms with E-state index >= 15 is 0 Å². The Kier molecular flexibility index (Phi) is 4.61. The molecule has 0 spiro atoms. The second-order valence-electron chi connectivity index (χ2n) is 3.73. The first kappa shape index (κ1) is 13.9. The van der Waals surface area contributed by atoms with Gasteiger partial charge in [0.05, 0.1) is 10.5 Å². The molecular formula is C11H14N2O5. The molecule has 18 heavy (non-hydrogen) atoms. The van der Waals surface area contributed by atoms with Gasteiger partial charge in [0.2, 0.25) is 0 Å². The van der Waals surface area contributed by atoms with Crippen LogP contribution >= 0.6 is 0 Å². The molecule has 1 aromatic rings. The first-order valence-electron chi connectivity index (χ1n) is 5.34. The highest BCUT2D eigenvalue weighted by molar-refractivity contribution is 5.90. The Hall–Kier alpha value is -2.15. The molecule has 3 N–H and O–H groups in total. The van der Waals surface area contributed by atoms with E-state index in [2.05, 4.69) is 5.32 Å². The maximum atomic E-state index is 10.9. The van der Waals surface area contributed by atoms with Crippen LogP contribution in [-0.2, 0) is 0 Å². The van der Waals surface area contributed by atoms with Crippen LogP contribution in [0.2, 0.25) is 0 Å². The Labute approximate surface area is 103 Å². The number of anilines is 1. The number of nitro groups is 1. The molecule has 0 radical (unpaired) electrons. The smallest absolute Gasteiger partial charge is 0.336 e. The number of carboxylic acids is 1. The summed E-state index contributed by atoms with van der Waals surface area (Å²) in [6.07, 6.45) is 0.477. The van der Waals surface area contributed by atoms with Gasteiger partial charge in [0.15, 0.2) is 0 Å². The van der Waals surface area contributed by atoms with Gasteiger partial charge >= 0.3 is 5.97 Å². The van der Waals surface area contributed by atoms with Crippen molar-refractivity contribution < 1.29 is 19.9 Å². The highest BCUT2D eigenvalue weighted by atomic mass is 16.6. The fraction of sp³-hybridized carbons (Fsp3) is 0.364. The molecule has 0 saturated carbocycles. The quantitative estimate of drug-likeness (QED) is 0.401. The van der Waals surface area contributed by atoms with Gasteiger partial charge in [0.1, 0.15) is 0 Å². The number of rotatable bonds is 6. The Morgan fingerprint density at radius 3 is 2.67 bits per heavy atom. The van der Waals surface area contributed by atoms with Gasteiger partial charge in [0.25, 0.3) is 5.69 Å². The molecule has 1 aromatic carbocycles. The molecule has 1 rings (SSSR count). The topological polar surface area (TPSA) is 113 Å². The summed E-state index contributed by atoms with van der Waals surface area (Å²) in [6, 6.07) is 2.39. The highest BCUT2D eigenvalue weighted by Crippen LogP contribution is 2.27. The van der Waals surface area contributed by atoms with E-state index in [9.17, 15) is 14.9 Å². The summed E-state index contributed by atoms with van der Waals surface area (Å²) < 4.78 is 0. The van der Waals surface area contributed by atoms with Gasteiger partial charge in [-0.3, -0.25) is 10.1 Å². The van der Waals surface area contributed by atoms with Crippen molar-refractivity contribution in [3.63, 3.8) is 0 Å². The number of aromatic carboxylic acids is 1.